The predicted octanol–water partition coefficient (Wildman–Crippen LogP) is 1.52. The molecule has 2 heterocycles. The highest BCUT2D eigenvalue weighted by Gasteiger charge is 2.15. The van der Waals surface area contributed by atoms with Gasteiger partial charge in [-0.2, -0.15) is 0 Å². The fraction of sp³-hybridized carbons (Fsp3) is 0.500. The van der Waals surface area contributed by atoms with Gasteiger partial charge in [-0.1, -0.05) is 6.92 Å². The van der Waals surface area contributed by atoms with Crippen molar-refractivity contribution in [2.45, 2.75) is 46.7 Å². The number of fused-ring (bicyclic) bond motifs is 1. The number of nitrogens with zero attached hydrogens (tertiary/aromatic N) is 2. The van der Waals surface area contributed by atoms with Gasteiger partial charge >= 0.3 is 0 Å². The van der Waals surface area contributed by atoms with E-state index >= 15 is 0 Å². The number of hydrogen-bond acceptors (Lipinski definition) is 4. The van der Waals surface area contributed by atoms with Crippen molar-refractivity contribution in [1.82, 2.24) is 14.9 Å². The van der Waals surface area contributed by atoms with Crippen LogP contribution in [0.5, 0.6) is 0 Å². The minimum Gasteiger partial charge on any atom is -0.443 e. The summed E-state index contributed by atoms with van der Waals surface area (Å²) >= 11 is 0. The van der Waals surface area contributed by atoms with E-state index in [0.717, 1.165) is 12.0 Å². The van der Waals surface area contributed by atoms with E-state index in [4.69, 9.17) is 4.42 Å². The summed E-state index contributed by atoms with van der Waals surface area (Å²) in [6.07, 6.45) is 2.20. The van der Waals surface area contributed by atoms with Gasteiger partial charge in [-0.3, -0.25) is 14.2 Å². The summed E-state index contributed by atoms with van der Waals surface area (Å²) in [5.41, 5.74) is 0.849. The quantitative estimate of drug-likeness (QED) is 0.919. The smallest absolute Gasteiger partial charge is 0.265 e. The van der Waals surface area contributed by atoms with Gasteiger partial charge < -0.3 is 9.73 Å². The standard InChI is InChI=1S/C14H19N3O3/c1-5-8(2)16-11(18)6-17-7-15-13-12(14(17)19)9(3)10(4)20-13/h7-8H,5-6H2,1-4H3,(H,16,18)/t8-/m1/s1. The van der Waals surface area contributed by atoms with Crippen LogP contribution in [0.3, 0.4) is 0 Å². The van der Waals surface area contributed by atoms with Crippen molar-refractivity contribution in [1.29, 1.82) is 0 Å². The molecule has 0 saturated heterocycles. The third kappa shape index (κ3) is 2.59. The SMILES string of the molecule is CC[C@@H](C)NC(=O)Cn1cnc2oc(C)c(C)c2c1=O. The predicted molar refractivity (Wildman–Crippen MR) is 75.6 cm³/mol. The van der Waals surface area contributed by atoms with Crippen LogP contribution in [-0.4, -0.2) is 21.5 Å². The topological polar surface area (TPSA) is 77.1 Å². The van der Waals surface area contributed by atoms with E-state index in [-0.39, 0.29) is 24.1 Å². The van der Waals surface area contributed by atoms with E-state index in [1.165, 1.54) is 10.9 Å². The molecule has 0 aliphatic heterocycles. The molecular formula is C14H19N3O3. The first-order valence-corrected chi connectivity index (χ1v) is 6.68. The number of aromatic nitrogens is 2. The Balaban J connectivity index is 2.32. The third-order valence-electron chi connectivity index (χ3n) is 3.49. The third-order valence-corrected chi connectivity index (χ3v) is 3.49. The molecule has 0 bridgehead atoms. The fourth-order valence-corrected chi connectivity index (χ4v) is 1.96. The summed E-state index contributed by atoms with van der Waals surface area (Å²) in [6, 6.07) is 0.0906. The molecule has 0 spiro atoms. The van der Waals surface area contributed by atoms with Gasteiger partial charge in [0.15, 0.2) is 0 Å². The molecular weight excluding hydrogens is 258 g/mol. The average Bonchev–Trinajstić information content (AvgIpc) is 2.69. The molecule has 0 fully saturated rings. The Morgan fingerprint density at radius 1 is 1.50 bits per heavy atom. The Hall–Kier alpha value is -2.11. The maximum Gasteiger partial charge on any atom is 0.265 e. The second-order valence-electron chi connectivity index (χ2n) is 5.02. The van der Waals surface area contributed by atoms with Crippen LogP contribution in [0.2, 0.25) is 0 Å². The number of amides is 1. The summed E-state index contributed by atoms with van der Waals surface area (Å²) in [5.74, 6) is 0.479. The van der Waals surface area contributed by atoms with Crippen molar-refractivity contribution in [3.8, 4) is 0 Å². The molecule has 1 amide bonds. The summed E-state index contributed by atoms with van der Waals surface area (Å²) in [5, 5.41) is 3.27. The zero-order valence-corrected chi connectivity index (χ0v) is 12.2. The molecule has 0 radical (unpaired) electrons. The second kappa shape index (κ2) is 5.48. The molecule has 2 aromatic rings. The maximum atomic E-state index is 12.3. The maximum absolute atomic E-state index is 12.3. The lowest BCUT2D eigenvalue weighted by Gasteiger charge is -2.11. The molecule has 0 unspecified atom stereocenters. The summed E-state index contributed by atoms with van der Waals surface area (Å²) in [7, 11) is 0. The summed E-state index contributed by atoms with van der Waals surface area (Å²) in [6.45, 7) is 7.48. The minimum atomic E-state index is -0.247. The number of carbonyl (C=O) groups is 1. The van der Waals surface area contributed by atoms with Crippen LogP contribution < -0.4 is 10.9 Å². The highest BCUT2D eigenvalue weighted by Crippen LogP contribution is 2.18. The number of rotatable bonds is 4. The van der Waals surface area contributed by atoms with Crippen molar-refractivity contribution in [3.63, 3.8) is 0 Å². The second-order valence-corrected chi connectivity index (χ2v) is 5.02. The Kier molecular flexibility index (Phi) is 3.92. The van der Waals surface area contributed by atoms with E-state index in [9.17, 15) is 9.59 Å². The normalized spacial score (nSPS) is 12.6. The van der Waals surface area contributed by atoms with E-state index in [0.29, 0.717) is 16.9 Å². The molecule has 6 nitrogen and oxygen atoms in total. The number of furan rings is 1. The van der Waals surface area contributed by atoms with Crippen LogP contribution in [0, 0.1) is 13.8 Å². The number of carbonyl (C=O) groups excluding carboxylic acids is 1. The molecule has 0 saturated carbocycles. The van der Waals surface area contributed by atoms with Gasteiger partial charge in [0.05, 0.1) is 0 Å². The van der Waals surface area contributed by atoms with Crippen LogP contribution in [0.1, 0.15) is 31.6 Å². The first kappa shape index (κ1) is 14.3. The first-order valence-electron chi connectivity index (χ1n) is 6.68. The lowest BCUT2D eigenvalue weighted by molar-refractivity contribution is -0.122. The molecule has 0 aromatic carbocycles. The van der Waals surface area contributed by atoms with E-state index < -0.39 is 0 Å². The lowest BCUT2D eigenvalue weighted by atomic mass is 10.2. The Morgan fingerprint density at radius 2 is 2.20 bits per heavy atom. The molecule has 1 atom stereocenters. The van der Waals surface area contributed by atoms with Gasteiger partial charge in [0, 0.05) is 11.6 Å². The zero-order valence-electron chi connectivity index (χ0n) is 12.2. The van der Waals surface area contributed by atoms with Gasteiger partial charge in [0.25, 0.3) is 5.56 Å². The van der Waals surface area contributed by atoms with Gasteiger partial charge in [-0.05, 0) is 27.2 Å². The van der Waals surface area contributed by atoms with Crippen LogP contribution in [0.4, 0.5) is 0 Å². The van der Waals surface area contributed by atoms with E-state index in [1.54, 1.807) is 6.92 Å². The van der Waals surface area contributed by atoms with Crippen molar-refractivity contribution in [2.75, 3.05) is 0 Å². The van der Waals surface area contributed by atoms with E-state index in [1.807, 2.05) is 20.8 Å². The first-order chi connectivity index (χ1) is 9.43. The van der Waals surface area contributed by atoms with Crippen molar-refractivity contribution in [2.24, 2.45) is 0 Å². The van der Waals surface area contributed by atoms with Gasteiger partial charge in [-0.25, -0.2) is 4.98 Å². The van der Waals surface area contributed by atoms with Gasteiger partial charge in [-0.15, -0.1) is 0 Å². The highest BCUT2D eigenvalue weighted by molar-refractivity contribution is 5.79. The largest absolute Gasteiger partial charge is 0.443 e. The fourth-order valence-electron chi connectivity index (χ4n) is 1.96. The van der Waals surface area contributed by atoms with Crippen LogP contribution in [0.25, 0.3) is 11.1 Å². The lowest BCUT2D eigenvalue weighted by Crippen LogP contribution is -2.37. The number of nitrogens with one attached hydrogen (secondary N) is 1. The molecule has 1 N–H and O–H groups in total. The highest BCUT2D eigenvalue weighted by atomic mass is 16.3. The minimum absolute atomic E-state index is 0.0320. The molecule has 0 aliphatic carbocycles. The van der Waals surface area contributed by atoms with Crippen LogP contribution in [-0.2, 0) is 11.3 Å². The number of aryl methyl sites for hydroxylation is 2. The molecule has 6 heteroatoms. The molecule has 0 aliphatic rings. The average molecular weight is 277 g/mol. The van der Waals surface area contributed by atoms with Gasteiger partial charge in [0.2, 0.25) is 11.6 Å². The number of hydrogen-bond donors (Lipinski definition) is 1. The summed E-state index contributed by atoms with van der Waals surface area (Å²) in [4.78, 5) is 28.3. The zero-order chi connectivity index (χ0) is 14.9. The van der Waals surface area contributed by atoms with Crippen molar-refractivity contribution >= 4 is 17.0 Å². The Morgan fingerprint density at radius 3 is 2.85 bits per heavy atom. The Labute approximate surface area is 116 Å². The summed E-state index contributed by atoms with van der Waals surface area (Å²) < 4.78 is 6.70. The van der Waals surface area contributed by atoms with Gasteiger partial charge in [0.1, 0.15) is 24.0 Å². The van der Waals surface area contributed by atoms with Crippen LogP contribution >= 0.6 is 0 Å². The Bertz CT molecular complexity index is 699. The molecule has 2 aromatic heterocycles. The molecule has 108 valence electrons. The molecule has 20 heavy (non-hydrogen) atoms. The molecule has 2 rings (SSSR count). The monoisotopic (exact) mass is 277 g/mol. The van der Waals surface area contributed by atoms with Crippen molar-refractivity contribution in [3.05, 3.63) is 28.0 Å². The van der Waals surface area contributed by atoms with Crippen molar-refractivity contribution < 1.29 is 9.21 Å². The van der Waals surface area contributed by atoms with Crippen LogP contribution in [0.15, 0.2) is 15.5 Å². The van der Waals surface area contributed by atoms with E-state index in [2.05, 4.69) is 10.3 Å².